The van der Waals surface area contributed by atoms with E-state index >= 15 is 0 Å². The SMILES string of the molecule is CCOC1CC1C(=O)NC1CCN(C(C)=O)C1. The van der Waals surface area contributed by atoms with Gasteiger partial charge < -0.3 is 15.0 Å². The van der Waals surface area contributed by atoms with E-state index in [1.165, 1.54) is 0 Å². The van der Waals surface area contributed by atoms with Crippen molar-refractivity contribution in [3.05, 3.63) is 0 Å². The molecule has 1 N–H and O–H groups in total. The van der Waals surface area contributed by atoms with Gasteiger partial charge in [-0.3, -0.25) is 9.59 Å². The average molecular weight is 240 g/mol. The molecule has 1 heterocycles. The summed E-state index contributed by atoms with van der Waals surface area (Å²) in [4.78, 5) is 24.8. The lowest BCUT2D eigenvalue weighted by atomic mass is 10.2. The summed E-state index contributed by atoms with van der Waals surface area (Å²) < 4.78 is 5.39. The molecule has 2 rings (SSSR count). The molecular formula is C12H20N2O3. The van der Waals surface area contributed by atoms with Gasteiger partial charge in [0.15, 0.2) is 0 Å². The van der Waals surface area contributed by atoms with Crippen LogP contribution in [0.1, 0.15) is 26.7 Å². The van der Waals surface area contributed by atoms with Crippen LogP contribution in [0.5, 0.6) is 0 Å². The van der Waals surface area contributed by atoms with Crippen molar-refractivity contribution < 1.29 is 14.3 Å². The molecule has 2 aliphatic rings. The molecule has 5 heteroatoms. The first-order chi connectivity index (χ1) is 8.11. The number of carbonyl (C=O) groups excluding carboxylic acids is 2. The second-order valence-electron chi connectivity index (χ2n) is 4.80. The van der Waals surface area contributed by atoms with Crippen LogP contribution in [0.3, 0.4) is 0 Å². The van der Waals surface area contributed by atoms with E-state index in [2.05, 4.69) is 5.32 Å². The zero-order chi connectivity index (χ0) is 12.4. The lowest BCUT2D eigenvalue weighted by Gasteiger charge is -2.15. The molecule has 0 aromatic rings. The molecule has 0 aromatic carbocycles. The fourth-order valence-corrected chi connectivity index (χ4v) is 2.32. The molecule has 0 radical (unpaired) electrons. The van der Waals surface area contributed by atoms with Crippen LogP contribution in [0.4, 0.5) is 0 Å². The molecule has 1 saturated heterocycles. The highest BCUT2D eigenvalue weighted by molar-refractivity contribution is 5.82. The van der Waals surface area contributed by atoms with Crippen molar-refractivity contribution in [2.75, 3.05) is 19.7 Å². The van der Waals surface area contributed by atoms with Gasteiger partial charge in [0.1, 0.15) is 0 Å². The second kappa shape index (κ2) is 5.04. The molecule has 1 aliphatic carbocycles. The Bertz CT molecular complexity index is 319. The van der Waals surface area contributed by atoms with Crippen molar-refractivity contribution in [2.45, 2.75) is 38.8 Å². The van der Waals surface area contributed by atoms with Gasteiger partial charge in [0, 0.05) is 32.7 Å². The Balaban J connectivity index is 1.72. The quantitative estimate of drug-likeness (QED) is 0.761. The predicted molar refractivity (Wildman–Crippen MR) is 62.3 cm³/mol. The molecule has 5 nitrogen and oxygen atoms in total. The molecule has 3 atom stereocenters. The minimum absolute atomic E-state index is 0.0290. The number of carbonyl (C=O) groups is 2. The Morgan fingerprint density at radius 2 is 2.24 bits per heavy atom. The highest BCUT2D eigenvalue weighted by Gasteiger charge is 2.44. The summed E-state index contributed by atoms with van der Waals surface area (Å²) in [6.07, 6.45) is 1.81. The summed E-state index contributed by atoms with van der Waals surface area (Å²) in [6.45, 7) is 5.56. The third-order valence-corrected chi connectivity index (χ3v) is 3.43. The van der Waals surface area contributed by atoms with E-state index in [-0.39, 0.29) is 29.9 Å². The van der Waals surface area contributed by atoms with Crippen LogP contribution in [0, 0.1) is 5.92 Å². The number of rotatable bonds is 4. The van der Waals surface area contributed by atoms with E-state index in [1.807, 2.05) is 6.92 Å². The van der Waals surface area contributed by atoms with Crippen LogP contribution in [-0.2, 0) is 14.3 Å². The normalized spacial score (nSPS) is 31.4. The topological polar surface area (TPSA) is 58.6 Å². The number of amides is 2. The maximum absolute atomic E-state index is 11.8. The Morgan fingerprint density at radius 1 is 1.47 bits per heavy atom. The van der Waals surface area contributed by atoms with Crippen LogP contribution in [0.2, 0.25) is 0 Å². The number of hydrogen-bond acceptors (Lipinski definition) is 3. The second-order valence-corrected chi connectivity index (χ2v) is 4.80. The molecule has 2 fully saturated rings. The van der Waals surface area contributed by atoms with Crippen LogP contribution >= 0.6 is 0 Å². The maximum atomic E-state index is 11.8. The third kappa shape index (κ3) is 2.97. The lowest BCUT2D eigenvalue weighted by Crippen LogP contribution is -2.39. The molecule has 2 amide bonds. The number of ether oxygens (including phenoxy) is 1. The molecule has 1 saturated carbocycles. The molecule has 17 heavy (non-hydrogen) atoms. The van der Waals surface area contributed by atoms with Crippen molar-refractivity contribution in [1.82, 2.24) is 10.2 Å². The standard InChI is InChI=1S/C12H20N2O3/c1-3-17-11-6-10(11)12(16)13-9-4-5-14(7-9)8(2)15/h9-11H,3-7H2,1-2H3,(H,13,16). The van der Waals surface area contributed by atoms with Gasteiger partial charge in [-0.05, 0) is 19.8 Å². The number of likely N-dealkylation sites (tertiary alicyclic amines) is 1. The van der Waals surface area contributed by atoms with Gasteiger partial charge in [-0.2, -0.15) is 0 Å². The molecule has 0 spiro atoms. The maximum Gasteiger partial charge on any atom is 0.226 e. The van der Waals surface area contributed by atoms with Gasteiger partial charge >= 0.3 is 0 Å². The highest BCUT2D eigenvalue weighted by atomic mass is 16.5. The minimum atomic E-state index is 0.0290. The number of nitrogens with zero attached hydrogens (tertiary/aromatic N) is 1. The van der Waals surface area contributed by atoms with Crippen molar-refractivity contribution in [2.24, 2.45) is 5.92 Å². The monoisotopic (exact) mass is 240 g/mol. The Morgan fingerprint density at radius 3 is 2.82 bits per heavy atom. The first-order valence-electron chi connectivity index (χ1n) is 6.29. The summed E-state index contributed by atoms with van der Waals surface area (Å²) in [6, 6.07) is 0.120. The van der Waals surface area contributed by atoms with Gasteiger partial charge in [-0.15, -0.1) is 0 Å². The molecule has 3 unspecified atom stereocenters. The Labute approximate surface area is 101 Å². The smallest absolute Gasteiger partial charge is 0.226 e. The largest absolute Gasteiger partial charge is 0.378 e. The van der Waals surface area contributed by atoms with Gasteiger partial charge in [0.2, 0.25) is 11.8 Å². The average Bonchev–Trinajstić information content (AvgIpc) is 2.88. The number of nitrogens with one attached hydrogen (secondary N) is 1. The Kier molecular flexibility index (Phi) is 3.66. The molecule has 0 aromatic heterocycles. The zero-order valence-corrected chi connectivity index (χ0v) is 10.4. The van der Waals surface area contributed by atoms with Crippen LogP contribution in [0.15, 0.2) is 0 Å². The van der Waals surface area contributed by atoms with Crippen molar-refractivity contribution >= 4 is 11.8 Å². The van der Waals surface area contributed by atoms with E-state index in [4.69, 9.17) is 4.74 Å². The predicted octanol–water partition coefficient (Wildman–Crippen LogP) is 0.148. The summed E-state index contributed by atoms with van der Waals surface area (Å²) in [5, 5.41) is 3.00. The highest BCUT2D eigenvalue weighted by Crippen LogP contribution is 2.34. The van der Waals surface area contributed by atoms with Crippen molar-refractivity contribution in [3.63, 3.8) is 0 Å². The van der Waals surface area contributed by atoms with Gasteiger partial charge in [0.25, 0.3) is 0 Å². The van der Waals surface area contributed by atoms with Crippen molar-refractivity contribution in [3.8, 4) is 0 Å². The molecule has 0 bridgehead atoms. The van der Waals surface area contributed by atoms with Gasteiger partial charge in [-0.1, -0.05) is 0 Å². The fraction of sp³-hybridized carbons (Fsp3) is 0.833. The summed E-state index contributed by atoms with van der Waals surface area (Å²) in [7, 11) is 0. The van der Waals surface area contributed by atoms with E-state index < -0.39 is 0 Å². The van der Waals surface area contributed by atoms with Gasteiger partial charge in [-0.25, -0.2) is 0 Å². The van der Waals surface area contributed by atoms with E-state index in [9.17, 15) is 9.59 Å². The fourth-order valence-electron chi connectivity index (χ4n) is 2.32. The third-order valence-electron chi connectivity index (χ3n) is 3.43. The van der Waals surface area contributed by atoms with Crippen LogP contribution < -0.4 is 5.32 Å². The lowest BCUT2D eigenvalue weighted by molar-refractivity contribution is -0.128. The summed E-state index contributed by atoms with van der Waals surface area (Å²) >= 11 is 0. The van der Waals surface area contributed by atoms with Gasteiger partial charge in [0.05, 0.1) is 12.0 Å². The molecule has 96 valence electrons. The van der Waals surface area contributed by atoms with E-state index in [0.29, 0.717) is 13.2 Å². The molecular weight excluding hydrogens is 220 g/mol. The minimum Gasteiger partial charge on any atom is -0.378 e. The first kappa shape index (κ1) is 12.4. The summed E-state index contributed by atoms with van der Waals surface area (Å²) in [5.74, 6) is 0.195. The summed E-state index contributed by atoms with van der Waals surface area (Å²) in [5.41, 5.74) is 0. The zero-order valence-electron chi connectivity index (χ0n) is 10.4. The van der Waals surface area contributed by atoms with Crippen LogP contribution in [0.25, 0.3) is 0 Å². The Hall–Kier alpha value is -1.10. The van der Waals surface area contributed by atoms with Crippen LogP contribution in [-0.4, -0.2) is 48.6 Å². The van der Waals surface area contributed by atoms with E-state index in [1.54, 1.807) is 11.8 Å². The number of hydrogen-bond donors (Lipinski definition) is 1. The first-order valence-corrected chi connectivity index (χ1v) is 6.29. The molecule has 1 aliphatic heterocycles. The van der Waals surface area contributed by atoms with E-state index in [0.717, 1.165) is 19.4 Å². The van der Waals surface area contributed by atoms with Crippen molar-refractivity contribution in [1.29, 1.82) is 0 Å².